The third-order valence-electron chi connectivity index (χ3n) is 23.1. The molecule has 10 heteroatoms. The average Bonchev–Trinajstić information content (AvgIpc) is 4.04. The van der Waals surface area contributed by atoms with Crippen LogP contribution >= 0.6 is 0 Å². The van der Waals surface area contributed by atoms with Crippen molar-refractivity contribution in [2.45, 2.75) is 196 Å². The number of allylic oxidation sites excluding steroid dienone is 4. The van der Waals surface area contributed by atoms with E-state index in [4.69, 9.17) is 20.2 Å². The Bertz CT molecular complexity index is 3170. The molecule has 0 saturated heterocycles. The molecule has 11 aliphatic rings. The molecule has 1 aliphatic heterocycles. The second-order valence-corrected chi connectivity index (χ2v) is 27.4. The van der Waals surface area contributed by atoms with Gasteiger partial charge in [-0.05, 0) is 226 Å². The van der Waals surface area contributed by atoms with E-state index in [2.05, 4.69) is 72.6 Å². The molecule has 1 heterocycles. The van der Waals surface area contributed by atoms with Gasteiger partial charge in [0.2, 0.25) is 0 Å². The topological polar surface area (TPSA) is 167 Å². The molecule has 7 N–H and O–H groups in total. The SMILES string of the molecule is CO[C@@H]1CC[C@@]23C[C@@H](C)C[C@H]4C2=C[C@@H]2C[C@@H](CC#Cc5c([C@H]6CC[C@H]7C[C@]8(CO)C=CCC[C@@H]8C(CO)=C7C(=O)C6)cc(OC6CCCC6)c(O)c5[C@H]3[C@@H]21)N=C(N)N[C@]12CCCC[C@@H]1CCc1ccc(cc12)Cc1cc(O)cc4c1. The molecule has 3 aromatic rings. The number of fused-ring (bicyclic) bond motifs is 8. The molecule has 14 rings (SSSR count). The number of hydrogen-bond donors (Lipinski definition) is 6. The van der Waals surface area contributed by atoms with Crippen LogP contribution in [0.5, 0.6) is 17.2 Å². The molecule has 3 aromatic carbocycles. The quantitative estimate of drug-likeness (QED) is 0.104. The van der Waals surface area contributed by atoms with Crippen molar-refractivity contribution >= 4 is 11.7 Å². The molecule has 0 amide bonds. The Morgan fingerprint density at radius 2 is 1.75 bits per heavy atom. The zero-order valence-electron chi connectivity index (χ0n) is 47.4. The van der Waals surface area contributed by atoms with E-state index in [0.717, 1.165) is 142 Å². The average molecular weight is 1080 g/mol. The van der Waals surface area contributed by atoms with E-state index in [0.29, 0.717) is 61.4 Å². The number of ether oxygens (including phenoxy) is 2. The highest BCUT2D eigenvalue weighted by molar-refractivity contribution is 5.98. The summed E-state index contributed by atoms with van der Waals surface area (Å²) in [5, 5.41) is 51.9. The highest BCUT2D eigenvalue weighted by atomic mass is 16.5. The molecule has 422 valence electrons. The Morgan fingerprint density at radius 1 is 0.900 bits per heavy atom. The smallest absolute Gasteiger partial charge is 0.189 e. The molecule has 10 bridgehead atoms. The van der Waals surface area contributed by atoms with E-state index in [1.54, 1.807) is 0 Å². The monoisotopic (exact) mass is 1080 g/mol. The lowest BCUT2D eigenvalue weighted by Crippen LogP contribution is -2.57. The van der Waals surface area contributed by atoms with Crippen molar-refractivity contribution in [2.75, 3.05) is 20.3 Å². The number of aromatic hydroxyl groups is 2. The van der Waals surface area contributed by atoms with Crippen molar-refractivity contribution in [3.8, 4) is 29.1 Å². The highest BCUT2D eigenvalue weighted by Gasteiger charge is 2.61. The number of nitrogens with two attached hydrogens (primary N) is 1. The molecule has 0 unspecified atom stereocenters. The van der Waals surface area contributed by atoms with Gasteiger partial charge >= 0.3 is 0 Å². The second-order valence-electron chi connectivity index (χ2n) is 27.4. The Hall–Kier alpha value is -5.34. The van der Waals surface area contributed by atoms with E-state index in [1.165, 1.54) is 28.7 Å². The minimum absolute atomic E-state index is 0.0129. The number of rotatable bonds is 6. The second kappa shape index (κ2) is 20.5. The van der Waals surface area contributed by atoms with Gasteiger partial charge in [-0.2, -0.15) is 0 Å². The summed E-state index contributed by atoms with van der Waals surface area (Å²) in [6, 6.07) is 15.3. The van der Waals surface area contributed by atoms with Crippen LogP contribution in [0.3, 0.4) is 0 Å². The first-order valence-corrected chi connectivity index (χ1v) is 31.4. The molecule has 2 spiro atoms. The number of carbonyl (C=O) groups is 1. The maximum absolute atomic E-state index is 15.4. The fourth-order valence-corrected chi connectivity index (χ4v) is 20.0. The Morgan fingerprint density at radius 3 is 2.59 bits per heavy atom. The number of nitrogens with zero attached hydrogens (tertiary/aromatic N) is 1. The standard InChI is InChI=1S/C70H85N3O7/c1-40-26-54-46-28-42(29-50(76)32-46)27-41-16-17-43-20-21-48-10-5-8-24-70(48,57(43)30-41)73-67(71)72-49-11-9-14-52-53(44-18-19-45-37-68(39-75)23-7-6-15-56(68)55(38-74)62(45)59(77)34-44)35-61(80-51-12-3-4-13-51)66(78)64(52)65-63-47(31-49)33-58(54)69(65,36-40)25-22-60(63)79-2/h7,16-17,23,28-30,32-33,35,40,44-45,47-49,51,54,56,60,63,65,74-76,78H,3-6,8,10-13,15,18-22,24-27,31,34,36-39H2,1-2H3,(H3,71,72,73)/t40-,44-,45-,47-,48+,49+,54+,56+,60+,63-,65+,68-,69+,70+/m0/s1. The van der Waals surface area contributed by atoms with Crippen molar-refractivity contribution in [1.29, 1.82) is 0 Å². The van der Waals surface area contributed by atoms with E-state index in [1.807, 2.05) is 19.2 Å². The zero-order chi connectivity index (χ0) is 54.7. The van der Waals surface area contributed by atoms with Crippen LogP contribution in [0.15, 0.2) is 82.4 Å². The minimum atomic E-state index is -0.494. The van der Waals surface area contributed by atoms with Crippen molar-refractivity contribution in [2.24, 2.45) is 57.1 Å². The normalized spacial score (nSPS) is 37.0. The summed E-state index contributed by atoms with van der Waals surface area (Å²) in [5.41, 5.74) is 18.1. The summed E-state index contributed by atoms with van der Waals surface area (Å²) in [5.74, 6) is 9.23. The maximum atomic E-state index is 15.4. The van der Waals surface area contributed by atoms with Gasteiger partial charge < -0.3 is 41.0 Å². The van der Waals surface area contributed by atoms with Gasteiger partial charge in [0.1, 0.15) is 5.75 Å². The van der Waals surface area contributed by atoms with Crippen molar-refractivity contribution in [3.63, 3.8) is 0 Å². The number of methoxy groups -OCH3 is 1. The summed E-state index contributed by atoms with van der Waals surface area (Å²) in [6.07, 6.45) is 27.0. The number of phenols is 2. The van der Waals surface area contributed by atoms with Gasteiger partial charge in [-0.1, -0.05) is 79.7 Å². The molecule has 5 fully saturated rings. The molecule has 0 radical (unpaired) electrons. The molecule has 0 aromatic heterocycles. The van der Waals surface area contributed by atoms with Gasteiger partial charge in [0.25, 0.3) is 0 Å². The molecule has 10 aliphatic carbocycles. The molecular weight excluding hydrogens is 995 g/mol. The van der Waals surface area contributed by atoms with Gasteiger partial charge in [-0.25, -0.2) is 4.99 Å². The third-order valence-corrected chi connectivity index (χ3v) is 23.1. The summed E-state index contributed by atoms with van der Waals surface area (Å²) < 4.78 is 13.9. The van der Waals surface area contributed by atoms with Crippen LogP contribution in [0.4, 0.5) is 0 Å². The number of aryl methyl sites for hydroxylation is 1. The molecular formula is C70H85N3O7. The lowest BCUT2D eigenvalue weighted by atomic mass is 9.43. The van der Waals surface area contributed by atoms with Crippen LogP contribution in [-0.4, -0.2) is 70.7 Å². The van der Waals surface area contributed by atoms with Crippen LogP contribution in [0.25, 0.3) is 0 Å². The van der Waals surface area contributed by atoms with Gasteiger partial charge in [-0.3, -0.25) is 4.79 Å². The highest BCUT2D eigenvalue weighted by Crippen LogP contribution is 2.70. The first-order valence-electron chi connectivity index (χ1n) is 31.4. The van der Waals surface area contributed by atoms with Crippen LogP contribution < -0.4 is 15.8 Å². The maximum Gasteiger partial charge on any atom is 0.189 e. The lowest BCUT2D eigenvalue weighted by Gasteiger charge is -2.62. The first-order chi connectivity index (χ1) is 38.9. The number of aliphatic imine (C=N–C) groups is 1. The number of phenolic OH excluding ortho intramolecular Hbond substituents is 2. The third kappa shape index (κ3) is 8.57. The van der Waals surface area contributed by atoms with Crippen molar-refractivity contribution < 1.29 is 34.7 Å². The predicted molar refractivity (Wildman–Crippen MR) is 312 cm³/mol. The van der Waals surface area contributed by atoms with Gasteiger partial charge in [0.05, 0.1) is 37.0 Å². The number of guanidine groups is 1. The van der Waals surface area contributed by atoms with Gasteiger partial charge in [0.15, 0.2) is 23.2 Å². The van der Waals surface area contributed by atoms with Crippen molar-refractivity contribution in [3.05, 3.63) is 122 Å². The Labute approximate surface area is 474 Å². The summed E-state index contributed by atoms with van der Waals surface area (Å²) in [4.78, 5) is 21.0. The fraction of sp³-hybridized carbons (Fsp3) is 0.600. The molecule has 10 nitrogen and oxygen atoms in total. The summed E-state index contributed by atoms with van der Waals surface area (Å²) >= 11 is 0. The van der Waals surface area contributed by atoms with E-state index < -0.39 is 10.8 Å². The Balaban J connectivity index is 0.994. The largest absolute Gasteiger partial charge is 0.508 e. The predicted octanol–water partition coefficient (Wildman–Crippen LogP) is 12.1. The lowest BCUT2D eigenvalue weighted by molar-refractivity contribution is -0.116. The number of aliphatic hydroxyl groups is 2. The molecule has 80 heavy (non-hydrogen) atoms. The number of benzene rings is 3. The minimum Gasteiger partial charge on any atom is -0.508 e. The zero-order valence-corrected chi connectivity index (χ0v) is 47.4. The van der Waals surface area contributed by atoms with Gasteiger partial charge in [0, 0.05) is 53.9 Å². The molecule has 5 saturated carbocycles. The number of Topliss-reactive ketones (excluding diaryl/α,β-unsaturated/α-hetero) is 1. The van der Waals surface area contributed by atoms with Gasteiger partial charge in [-0.15, -0.1) is 0 Å². The van der Waals surface area contributed by atoms with Crippen molar-refractivity contribution in [1.82, 2.24) is 5.32 Å². The van der Waals surface area contributed by atoms with E-state index >= 15 is 4.79 Å². The number of aliphatic hydroxyl groups excluding tert-OH is 2. The Kier molecular flexibility index (Phi) is 13.5. The van der Waals surface area contributed by atoms with Crippen LogP contribution in [0, 0.1) is 58.2 Å². The van der Waals surface area contributed by atoms with Crippen LogP contribution in [-0.2, 0) is 27.9 Å². The van der Waals surface area contributed by atoms with E-state index in [9.17, 15) is 20.4 Å². The number of nitrogens with one attached hydrogen (secondary N) is 1. The summed E-state index contributed by atoms with van der Waals surface area (Å²) in [7, 11) is 1.87. The number of ketones is 1. The first kappa shape index (κ1) is 52.7. The van der Waals surface area contributed by atoms with Crippen LogP contribution in [0.2, 0.25) is 0 Å². The molecule has 14 atom stereocenters. The summed E-state index contributed by atoms with van der Waals surface area (Å²) in [6.45, 7) is 2.21. The van der Waals surface area contributed by atoms with Crippen LogP contribution in [0.1, 0.15) is 204 Å². The number of carbonyl (C=O) groups excluding carboxylic acids is 1. The number of hydrogen-bond acceptors (Lipinski definition) is 10. The fourth-order valence-electron chi connectivity index (χ4n) is 20.0. The van der Waals surface area contributed by atoms with E-state index in [-0.39, 0.29) is 96.4 Å².